The van der Waals surface area contributed by atoms with Crippen LogP contribution in [-0.2, 0) is 0 Å². The van der Waals surface area contributed by atoms with E-state index >= 15 is 0 Å². The first-order valence-electron chi connectivity index (χ1n) is 3.25. The first-order chi connectivity index (χ1) is 4.81. The van der Waals surface area contributed by atoms with Gasteiger partial charge in [-0.05, 0) is 18.4 Å². The normalized spacial score (nSPS) is 9.30. The lowest BCUT2D eigenvalue weighted by atomic mass is 10.4. The van der Waals surface area contributed by atoms with Crippen LogP contribution in [0.2, 0.25) is 0 Å². The summed E-state index contributed by atoms with van der Waals surface area (Å²) in [6.07, 6.45) is 1.70. The Hall–Kier alpha value is -0.500. The van der Waals surface area contributed by atoms with Crippen molar-refractivity contribution in [3.05, 3.63) is 24.6 Å². The molecule has 0 radical (unpaired) electrons. The van der Waals surface area contributed by atoms with Gasteiger partial charge in [-0.3, -0.25) is 0 Å². The molecule has 0 aromatic carbocycles. The minimum Gasteiger partial charge on any atom is -0.217 e. The van der Waals surface area contributed by atoms with Crippen LogP contribution < -0.4 is 0 Å². The Morgan fingerprint density at radius 2 is 1.90 bits per heavy atom. The standard InChI is InChI=1S/C6H9NS.C2H6/c1-4-6(3)7-8-5-2;1-2/h4-5H,1-2H2,3H3;1-2H3/b7-6-;. The Balaban J connectivity index is 0. The zero-order valence-corrected chi connectivity index (χ0v) is 7.74. The van der Waals surface area contributed by atoms with E-state index in [1.54, 1.807) is 11.5 Å². The number of hydrogen-bond acceptors (Lipinski definition) is 2. The highest BCUT2D eigenvalue weighted by atomic mass is 32.2. The van der Waals surface area contributed by atoms with Crippen LogP contribution in [0.15, 0.2) is 29.0 Å². The van der Waals surface area contributed by atoms with E-state index in [0.29, 0.717) is 0 Å². The molecule has 0 aliphatic heterocycles. The minimum absolute atomic E-state index is 0.926. The molecule has 0 spiro atoms. The van der Waals surface area contributed by atoms with E-state index in [4.69, 9.17) is 0 Å². The van der Waals surface area contributed by atoms with Gasteiger partial charge in [0.2, 0.25) is 0 Å². The van der Waals surface area contributed by atoms with Crippen LogP contribution in [0.1, 0.15) is 20.8 Å². The summed E-state index contributed by atoms with van der Waals surface area (Å²) in [5, 5.41) is 1.67. The number of rotatable bonds is 3. The van der Waals surface area contributed by atoms with Crippen molar-refractivity contribution in [1.29, 1.82) is 0 Å². The Kier molecular flexibility index (Phi) is 13.8. The van der Waals surface area contributed by atoms with Crippen LogP contribution in [-0.4, -0.2) is 5.71 Å². The Morgan fingerprint density at radius 1 is 1.40 bits per heavy atom. The first kappa shape index (κ1) is 12.2. The smallest absolute Gasteiger partial charge is 0.0454 e. The van der Waals surface area contributed by atoms with Crippen LogP contribution >= 0.6 is 11.9 Å². The highest BCUT2D eigenvalue weighted by Crippen LogP contribution is 2.01. The van der Waals surface area contributed by atoms with Crippen molar-refractivity contribution in [2.24, 2.45) is 4.40 Å². The quantitative estimate of drug-likeness (QED) is 0.451. The summed E-state index contributed by atoms with van der Waals surface area (Å²) in [6, 6.07) is 0. The van der Waals surface area contributed by atoms with Gasteiger partial charge in [0, 0.05) is 17.7 Å². The fourth-order valence-corrected chi connectivity index (χ4v) is 0.473. The molecule has 0 amide bonds. The van der Waals surface area contributed by atoms with Gasteiger partial charge in [0.1, 0.15) is 0 Å². The molecule has 0 unspecified atom stereocenters. The van der Waals surface area contributed by atoms with Crippen LogP contribution in [0, 0.1) is 0 Å². The largest absolute Gasteiger partial charge is 0.217 e. The third-order valence-corrected chi connectivity index (χ3v) is 1.11. The summed E-state index contributed by atoms with van der Waals surface area (Å²) in [4.78, 5) is 0. The molecule has 0 N–H and O–H groups in total. The van der Waals surface area contributed by atoms with E-state index in [-0.39, 0.29) is 0 Å². The van der Waals surface area contributed by atoms with Crippen molar-refractivity contribution in [2.75, 3.05) is 0 Å². The average molecular weight is 157 g/mol. The van der Waals surface area contributed by atoms with Crippen LogP contribution in [0.5, 0.6) is 0 Å². The second kappa shape index (κ2) is 11.3. The van der Waals surface area contributed by atoms with Crippen molar-refractivity contribution >= 4 is 17.7 Å². The molecule has 0 aliphatic carbocycles. The second-order valence-corrected chi connectivity index (χ2v) is 1.94. The third-order valence-electron chi connectivity index (χ3n) is 0.567. The molecular formula is C8H15NS. The molecule has 0 heterocycles. The summed E-state index contributed by atoms with van der Waals surface area (Å²) in [6.45, 7) is 12.9. The molecule has 1 nitrogen and oxygen atoms in total. The van der Waals surface area contributed by atoms with Crippen LogP contribution in [0.3, 0.4) is 0 Å². The van der Waals surface area contributed by atoms with Gasteiger partial charge in [0.25, 0.3) is 0 Å². The van der Waals surface area contributed by atoms with Crippen molar-refractivity contribution in [3.8, 4) is 0 Å². The Morgan fingerprint density at radius 3 is 2.20 bits per heavy atom. The van der Waals surface area contributed by atoms with Gasteiger partial charge in [-0.1, -0.05) is 27.0 Å². The molecule has 0 saturated heterocycles. The van der Waals surface area contributed by atoms with Gasteiger partial charge >= 0.3 is 0 Å². The highest BCUT2D eigenvalue weighted by Gasteiger charge is 1.75. The number of nitrogens with zero attached hydrogens (tertiary/aromatic N) is 1. The molecule has 0 aromatic heterocycles. The second-order valence-electron chi connectivity index (χ2n) is 1.21. The molecular weight excluding hydrogens is 142 g/mol. The zero-order valence-electron chi connectivity index (χ0n) is 6.92. The summed E-state index contributed by atoms with van der Waals surface area (Å²) in [5.74, 6) is 0. The first-order valence-corrected chi connectivity index (χ1v) is 4.08. The third kappa shape index (κ3) is 10.5. The van der Waals surface area contributed by atoms with Gasteiger partial charge in [-0.25, -0.2) is 4.40 Å². The molecule has 2 heteroatoms. The monoisotopic (exact) mass is 157 g/mol. The van der Waals surface area contributed by atoms with E-state index in [1.807, 2.05) is 20.8 Å². The average Bonchev–Trinajstić information content (AvgIpc) is 2.04. The van der Waals surface area contributed by atoms with E-state index in [2.05, 4.69) is 17.6 Å². The molecule has 0 bridgehead atoms. The molecule has 10 heavy (non-hydrogen) atoms. The van der Waals surface area contributed by atoms with E-state index in [1.165, 1.54) is 11.9 Å². The number of hydrogen-bond donors (Lipinski definition) is 0. The summed E-state index contributed by atoms with van der Waals surface area (Å²) >= 11 is 1.32. The molecule has 58 valence electrons. The Labute approximate surface area is 68.1 Å². The lowest BCUT2D eigenvalue weighted by Crippen LogP contribution is -1.76. The zero-order chi connectivity index (χ0) is 8.41. The van der Waals surface area contributed by atoms with E-state index < -0.39 is 0 Å². The number of allylic oxidation sites excluding steroid dienone is 1. The summed E-state index contributed by atoms with van der Waals surface area (Å²) < 4.78 is 3.96. The molecule has 0 rings (SSSR count). The molecule has 0 aromatic rings. The highest BCUT2D eigenvalue weighted by molar-refractivity contribution is 8.01. The summed E-state index contributed by atoms with van der Waals surface area (Å²) in [5.41, 5.74) is 0.926. The minimum atomic E-state index is 0.926. The van der Waals surface area contributed by atoms with Crippen LogP contribution in [0.25, 0.3) is 0 Å². The van der Waals surface area contributed by atoms with Crippen molar-refractivity contribution in [2.45, 2.75) is 20.8 Å². The van der Waals surface area contributed by atoms with E-state index in [9.17, 15) is 0 Å². The molecule has 0 atom stereocenters. The lowest BCUT2D eigenvalue weighted by molar-refractivity contribution is 1.50. The van der Waals surface area contributed by atoms with E-state index in [0.717, 1.165) is 5.71 Å². The predicted octanol–water partition coefficient (Wildman–Crippen LogP) is 3.45. The van der Waals surface area contributed by atoms with Gasteiger partial charge < -0.3 is 0 Å². The summed E-state index contributed by atoms with van der Waals surface area (Å²) in [7, 11) is 0. The van der Waals surface area contributed by atoms with Gasteiger partial charge in [-0.15, -0.1) is 0 Å². The molecule has 0 aliphatic rings. The van der Waals surface area contributed by atoms with Crippen molar-refractivity contribution in [1.82, 2.24) is 0 Å². The lowest BCUT2D eigenvalue weighted by Gasteiger charge is -1.83. The maximum Gasteiger partial charge on any atom is 0.0454 e. The van der Waals surface area contributed by atoms with Gasteiger partial charge in [0.15, 0.2) is 0 Å². The molecule has 0 fully saturated rings. The molecule has 0 saturated carbocycles. The predicted molar refractivity (Wildman–Crippen MR) is 52.4 cm³/mol. The van der Waals surface area contributed by atoms with Gasteiger partial charge in [-0.2, -0.15) is 0 Å². The van der Waals surface area contributed by atoms with Gasteiger partial charge in [0.05, 0.1) is 0 Å². The topological polar surface area (TPSA) is 12.4 Å². The maximum absolute atomic E-state index is 3.96. The SMILES string of the molecule is C=CS/N=C(/C)C=C.CC. The van der Waals surface area contributed by atoms with Crippen LogP contribution in [0.4, 0.5) is 0 Å². The maximum atomic E-state index is 3.96. The van der Waals surface area contributed by atoms with Crippen molar-refractivity contribution in [3.63, 3.8) is 0 Å². The fourth-order valence-electron chi connectivity index (χ4n) is 0.158. The fraction of sp³-hybridized carbons (Fsp3) is 0.375. The Bertz CT molecular complexity index is 116. The van der Waals surface area contributed by atoms with Crippen molar-refractivity contribution < 1.29 is 0 Å².